The van der Waals surface area contributed by atoms with Gasteiger partial charge in [0.25, 0.3) is 5.56 Å². The molecule has 5 rings (SSSR count). The number of halogens is 3. The Balaban J connectivity index is 1.51. The van der Waals surface area contributed by atoms with E-state index in [1.807, 2.05) is 0 Å². The molecule has 0 aliphatic carbocycles. The fourth-order valence-corrected chi connectivity index (χ4v) is 3.95. The van der Waals surface area contributed by atoms with Gasteiger partial charge in [0.1, 0.15) is 18.1 Å². The quantitative estimate of drug-likeness (QED) is 0.417. The number of carbonyl (C=O) groups is 1. The summed E-state index contributed by atoms with van der Waals surface area (Å²) < 4.78 is 50.4. The number of aromatic nitrogens is 4. The molecule has 2 aromatic carbocycles. The first-order valence-corrected chi connectivity index (χ1v) is 10.7. The topological polar surface area (TPSA) is 123 Å². The molecule has 2 aromatic heterocycles. The van der Waals surface area contributed by atoms with Gasteiger partial charge in [-0.3, -0.25) is 9.59 Å². The summed E-state index contributed by atoms with van der Waals surface area (Å²) in [7, 11) is 0. The van der Waals surface area contributed by atoms with Crippen molar-refractivity contribution < 1.29 is 32.5 Å². The van der Waals surface area contributed by atoms with Gasteiger partial charge in [-0.15, -0.1) is 8.78 Å². The Morgan fingerprint density at radius 1 is 1.19 bits per heavy atom. The van der Waals surface area contributed by atoms with Crippen LogP contribution in [-0.2, 0) is 17.9 Å². The van der Waals surface area contributed by atoms with Gasteiger partial charge in [0.15, 0.2) is 17.0 Å². The number of alkyl halides is 2. The van der Waals surface area contributed by atoms with E-state index >= 15 is 0 Å². The van der Waals surface area contributed by atoms with Crippen molar-refractivity contribution in [3.8, 4) is 22.8 Å². The summed E-state index contributed by atoms with van der Waals surface area (Å²) in [5.41, 5.74) is 0.538. The van der Waals surface area contributed by atoms with Crippen molar-refractivity contribution >= 4 is 22.6 Å². The van der Waals surface area contributed by atoms with E-state index in [4.69, 9.17) is 0 Å². The molecule has 0 saturated carbocycles. The van der Waals surface area contributed by atoms with E-state index in [1.54, 1.807) is 6.92 Å². The number of hydrogen-bond acceptors (Lipinski definition) is 7. The first-order valence-electron chi connectivity index (χ1n) is 10.7. The van der Waals surface area contributed by atoms with Crippen molar-refractivity contribution in [3.63, 3.8) is 0 Å². The third-order valence-electron chi connectivity index (χ3n) is 5.62. The van der Waals surface area contributed by atoms with E-state index in [9.17, 15) is 27.9 Å². The number of imidazole rings is 1. The molecule has 1 amide bonds. The lowest BCUT2D eigenvalue weighted by Gasteiger charge is -2.21. The lowest BCUT2D eigenvalue weighted by atomic mass is 10.1. The van der Waals surface area contributed by atoms with Gasteiger partial charge in [0.2, 0.25) is 5.91 Å². The van der Waals surface area contributed by atoms with Crippen molar-refractivity contribution in [2.75, 3.05) is 11.4 Å². The number of H-pyrrole nitrogens is 1. The molecule has 13 heteroatoms. The van der Waals surface area contributed by atoms with Crippen molar-refractivity contribution in [2.45, 2.75) is 26.4 Å². The highest BCUT2D eigenvalue weighted by Gasteiger charge is 2.43. The number of benzene rings is 2. The molecule has 0 bridgehead atoms. The second-order valence-electron chi connectivity index (χ2n) is 7.84. The molecule has 0 spiro atoms. The molecule has 186 valence electrons. The molecule has 0 fully saturated rings. The lowest BCUT2D eigenvalue weighted by molar-refractivity contribution is -0.286. The number of aliphatic hydroxyl groups is 1. The zero-order chi connectivity index (χ0) is 25.6. The van der Waals surface area contributed by atoms with Gasteiger partial charge in [-0.1, -0.05) is 0 Å². The van der Waals surface area contributed by atoms with E-state index in [0.717, 1.165) is 10.7 Å². The summed E-state index contributed by atoms with van der Waals surface area (Å²) in [4.78, 5) is 34.3. The van der Waals surface area contributed by atoms with Gasteiger partial charge in [-0.05, 0) is 37.3 Å². The van der Waals surface area contributed by atoms with Crippen molar-refractivity contribution in [2.24, 2.45) is 0 Å². The molecule has 2 N–H and O–H groups in total. The molecular weight excluding hydrogens is 483 g/mol. The van der Waals surface area contributed by atoms with Gasteiger partial charge >= 0.3 is 6.29 Å². The summed E-state index contributed by atoms with van der Waals surface area (Å²) >= 11 is 0. The van der Waals surface area contributed by atoms with E-state index < -0.39 is 36.7 Å². The highest BCUT2D eigenvalue weighted by molar-refractivity contribution is 5.94. The van der Waals surface area contributed by atoms with E-state index in [0.29, 0.717) is 5.56 Å². The minimum atomic E-state index is -3.80. The maximum Gasteiger partial charge on any atom is 0.586 e. The summed E-state index contributed by atoms with van der Waals surface area (Å²) in [6.45, 7) is 0.779. The van der Waals surface area contributed by atoms with Gasteiger partial charge in [0.05, 0.1) is 18.5 Å². The van der Waals surface area contributed by atoms with Crippen molar-refractivity contribution in [3.05, 3.63) is 64.5 Å². The Morgan fingerprint density at radius 2 is 1.97 bits per heavy atom. The average molecular weight is 501 g/mol. The molecule has 0 unspecified atom stereocenters. The Morgan fingerprint density at radius 3 is 2.72 bits per heavy atom. The number of likely N-dealkylation sites (N-methyl/N-ethyl adjacent to an activating group) is 1. The van der Waals surface area contributed by atoms with Gasteiger partial charge in [-0.2, -0.15) is 5.10 Å². The van der Waals surface area contributed by atoms with Crippen LogP contribution in [0, 0.1) is 5.82 Å². The van der Waals surface area contributed by atoms with E-state index in [2.05, 4.69) is 24.5 Å². The molecule has 10 nitrogen and oxygen atoms in total. The molecule has 0 radical (unpaired) electrons. The average Bonchev–Trinajstić information content (AvgIpc) is 3.45. The van der Waals surface area contributed by atoms with E-state index in [1.165, 1.54) is 41.6 Å². The predicted molar refractivity (Wildman–Crippen MR) is 120 cm³/mol. The predicted octanol–water partition coefficient (Wildman–Crippen LogP) is 2.79. The molecule has 1 aliphatic heterocycles. The Bertz CT molecular complexity index is 1550. The number of fused-ring (bicyclic) bond motifs is 2. The number of anilines is 1. The molecule has 1 aliphatic rings. The fourth-order valence-electron chi connectivity index (χ4n) is 3.95. The van der Waals surface area contributed by atoms with Crippen LogP contribution in [0.4, 0.5) is 18.9 Å². The van der Waals surface area contributed by atoms with Crippen LogP contribution in [0.3, 0.4) is 0 Å². The van der Waals surface area contributed by atoms with Crippen LogP contribution >= 0.6 is 0 Å². The monoisotopic (exact) mass is 501 g/mol. The number of aliphatic hydroxyl groups excluding tert-OH is 1. The normalized spacial score (nSPS) is 13.8. The van der Waals surface area contributed by atoms with Crippen LogP contribution < -0.4 is 19.9 Å². The van der Waals surface area contributed by atoms with Gasteiger partial charge in [0, 0.05) is 29.4 Å². The largest absolute Gasteiger partial charge is 0.586 e. The molecule has 3 heterocycles. The zero-order valence-electron chi connectivity index (χ0n) is 18.7. The van der Waals surface area contributed by atoms with Crippen molar-refractivity contribution in [1.29, 1.82) is 0 Å². The zero-order valence-corrected chi connectivity index (χ0v) is 18.7. The maximum atomic E-state index is 13.9. The molecule has 4 aromatic rings. The lowest BCUT2D eigenvalue weighted by Crippen LogP contribution is -2.37. The second-order valence-corrected chi connectivity index (χ2v) is 7.84. The highest BCUT2D eigenvalue weighted by atomic mass is 19.3. The molecular formula is C23H18F3N5O5. The minimum Gasteiger partial charge on any atom is -0.395 e. The number of aromatic amines is 1. The Hall–Kier alpha value is -4.39. The summed E-state index contributed by atoms with van der Waals surface area (Å²) in [5, 5.41) is 13.7. The van der Waals surface area contributed by atoms with E-state index in [-0.39, 0.29) is 46.0 Å². The van der Waals surface area contributed by atoms with Crippen molar-refractivity contribution in [1.82, 2.24) is 19.7 Å². The highest BCUT2D eigenvalue weighted by Crippen LogP contribution is 2.42. The maximum absolute atomic E-state index is 13.9. The number of rotatable bonds is 6. The standard InChI is InChI=1S/C23H18F3N5O5/c1-2-30(14-4-6-16-17(8-14)36-23(25,26)35-16)18(33)9-31-22(34)21-20(27-11-28-21)19(29-31)12-3-5-15(24)13(7-12)10-32/h3-8,11,32H,2,9-10H2,1H3,(H,27,28). The van der Waals surface area contributed by atoms with Crippen LogP contribution in [0.1, 0.15) is 12.5 Å². The number of carbonyl (C=O) groups excluding carboxylic acids is 1. The molecule has 36 heavy (non-hydrogen) atoms. The van der Waals surface area contributed by atoms with Crippen LogP contribution in [0.5, 0.6) is 11.5 Å². The minimum absolute atomic E-state index is 0.0102. The van der Waals surface area contributed by atoms with Crippen LogP contribution in [0.2, 0.25) is 0 Å². The SMILES string of the molecule is CCN(C(=O)Cn1nc(-c2ccc(F)c(CO)c2)c2[nH]cnc2c1=O)c1ccc2c(c1)OC(F)(F)O2. The molecule has 0 atom stereocenters. The van der Waals surface area contributed by atoms with Crippen LogP contribution in [0.15, 0.2) is 47.5 Å². The fraction of sp³-hybridized carbons (Fsp3) is 0.217. The number of nitrogens with zero attached hydrogens (tertiary/aromatic N) is 4. The Labute approximate surface area is 200 Å². The third kappa shape index (κ3) is 4.02. The summed E-state index contributed by atoms with van der Waals surface area (Å²) in [6.07, 6.45) is -2.51. The third-order valence-corrected chi connectivity index (χ3v) is 5.62. The number of ether oxygens (including phenoxy) is 2. The van der Waals surface area contributed by atoms with Crippen LogP contribution in [0.25, 0.3) is 22.3 Å². The number of hydrogen-bond donors (Lipinski definition) is 2. The summed E-state index contributed by atoms with van der Waals surface area (Å²) in [5.74, 6) is -1.56. The second kappa shape index (κ2) is 8.68. The smallest absolute Gasteiger partial charge is 0.395 e. The summed E-state index contributed by atoms with van der Waals surface area (Å²) in [6, 6.07) is 7.88. The van der Waals surface area contributed by atoms with Gasteiger partial charge in [-0.25, -0.2) is 14.1 Å². The van der Waals surface area contributed by atoms with Gasteiger partial charge < -0.3 is 24.5 Å². The number of amides is 1. The van der Waals surface area contributed by atoms with Crippen LogP contribution in [-0.4, -0.2) is 43.6 Å². The Kier molecular flexibility index (Phi) is 5.63. The first kappa shape index (κ1) is 23.4. The first-order chi connectivity index (χ1) is 17.2. The molecule has 0 saturated heterocycles. The number of nitrogens with one attached hydrogen (secondary N) is 1.